The number of aryl methyl sites for hydroxylation is 2. The Kier molecular flexibility index (Phi) is 9.00. The molecular weight excluding hydrogens is 419 g/mol. The Morgan fingerprint density at radius 2 is 1.57 bits per heavy atom. The number of benzene rings is 2. The molecule has 0 heterocycles. The highest BCUT2D eigenvalue weighted by atomic mass is 127. The van der Waals surface area contributed by atoms with Gasteiger partial charge in [0.05, 0.1) is 7.11 Å². The van der Waals surface area contributed by atoms with Crippen LogP contribution in [0.4, 0.5) is 0 Å². The first-order valence-electron chi connectivity index (χ1n) is 7.82. The Morgan fingerprint density at radius 3 is 2.09 bits per heavy atom. The molecule has 3 heteroatoms. The molecule has 0 aromatic heterocycles. The zero-order valence-corrected chi connectivity index (χ0v) is 17.6. The Labute approximate surface area is 159 Å². The van der Waals surface area contributed by atoms with Crippen LogP contribution in [0.25, 0.3) is 0 Å². The van der Waals surface area contributed by atoms with Gasteiger partial charge in [-0.05, 0) is 109 Å². The van der Waals surface area contributed by atoms with Crippen LogP contribution < -0.4 is 4.74 Å². The smallest absolute Gasteiger partial charge is 0.118 e. The van der Waals surface area contributed by atoms with E-state index in [1.807, 2.05) is 12.1 Å². The predicted molar refractivity (Wildman–Crippen MR) is 110 cm³/mol. The topological polar surface area (TPSA) is 9.23 Å². The standard InChI is InChI=1S/C10H13ClO.C10H13I/c1-12-10-6-4-9(5-7-10)3-2-8-11;1-6-5-10(11)9(4)8(3)7(6)2/h4-7H,2-3,8H2,1H3;5H,1-4H3. The quantitative estimate of drug-likeness (QED) is 0.392. The molecule has 0 aliphatic carbocycles. The van der Waals surface area contributed by atoms with Crippen LogP contribution in [0, 0.1) is 31.3 Å². The third-order valence-corrected chi connectivity index (χ3v) is 5.56. The van der Waals surface area contributed by atoms with Crippen LogP contribution in [0.15, 0.2) is 30.3 Å². The van der Waals surface area contributed by atoms with E-state index in [1.54, 1.807) is 7.11 Å². The summed E-state index contributed by atoms with van der Waals surface area (Å²) >= 11 is 7.98. The van der Waals surface area contributed by atoms with Gasteiger partial charge in [0.15, 0.2) is 0 Å². The van der Waals surface area contributed by atoms with E-state index in [9.17, 15) is 0 Å². The van der Waals surface area contributed by atoms with Gasteiger partial charge >= 0.3 is 0 Å². The normalized spacial score (nSPS) is 10.0. The number of alkyl halides is 1. The molecule has 0 atom stereocenters. The molecule has 2 rings (SSSR count). The second kappa shape index (κ2) is 10.2. The van der Waals surface area contributed by atoms with Crippen molar-refractivity contribution in [2.24, 2.45) is 0 Å². The number of ether oxygens (including phenoxy) is 1. The summed E-state index contributed by atoms with van der Waals surface area (Å²) in [5.74, 6) is 1.64. The number of hydrogen-bond acceptors (Lipinski definition) is 1. The maximum Gasteiger partial charge on any atom is 0.118 e. The second-order valence-electron chi connectivity index (χ2n) is 5.69. The second-order valence-corrected chi connectivity index (χ2v) is 7.23. The lowest BCUT2D eigenvalue weighted by Crippen LogP contribution is -1.93. The van der Waals surface area contributed by atoms with E-state index in [0.717, 1.165) is 24.5 Å². The molecule has 0 bridgehead atoms. The van der Waals surface area contributed by atoms with Crippen molar-refractivity contribution in [3.63, 3.8) is 0 Å². The van der Waals surface area contributed by atoms with E-state index < -0.39 is 0 Å². The molecule has 0 saturated carbocycles. The van der Waals surface area contributed by atoms with E-state index in [0.29, 0.717) is 0 Å². The number of halogens is 2. The van der Waals surface area contributed by atoms with Gasteiger partial charge < -0.3 is 4.74 Å². The van der Waals surface area contributed by atoms with E-state index >= 15 is 0 Å². The lowest BCUT2D eigenvalue weighted by molar-refractivity contribution is 0.414. The predicted octanol–water partition coefficient (Wildman–Crippen LogP) is 6.39. The zero-order chi connectivity index (χ0) is 17.4. The Hall–Kier alpha value is -0.740. The van der Waals surface area contributed by atoms with Crippen LogP contribution in [-0.2, 0) is 6.42 Å². The molecule has 1 nitrogen and oxygen atoms in total. The zero-order valence-electron chi connectivity index (χ0n) is 14.7. The lowest BCUT2D eigenvalue weighted by atomic mass is 10.0. The molecule has 0 spiro atoms. The Bertz CT molecular complexity index is 594. The van der Waals surface area contributed by atoms with E-state index in [4.69, 9.17) is 16.3 Å². The van der Waals surface area contributed by atoms with Gasteiger partial charge in [-0.3, -0.25) is 0 Å². The van der Waals surface area contributed by atoms with Crippen molar-refractivity contribution >= 4 is 34.2 Å². The molecule has 23 heavy (non-hydrogen) atoms. The minimum Gasteiger partial charge on any atom is -0.497 e. The highest BCUT2D eigenvalue weighted by Crippen LogP contribution is 2.21. The van der Waals surface area contributed by atoms with Crippen molar-refractivity contribution in [1.82, 2.24) is 0 Å². The molecule has 2 aromatic rings. The van der Waals surface area contributed by atoms with Crippen LogP contribution in [0.3, 0.4) is 0 Å². The maximum atomic E-state index is 5.59. The van der Waals surface area contributed by atoms with E-state index in [1.165, 1.54) is 31.4 Å². The molecule has 0 unspecified atom stereocenters. The van der Waals surface area contributed by atoms with Crippen LogP contribution in [0.2, 0.25) is 0 Å². The largest absolute Gasteiger partial charge is 0.497 e. The maximum absolute atomic E-state index is 5.59. The summed E-state index contributed by atoms with van der Waals surface area (Å²) in [6.45, 7) is 8.74. The van der Waals surface area contributed by atoms with E-state index in [-0.39, 0.29) is 0 Å². The van der Waals surface area contributed by atoms with Crippen molar-refractivity contribution in [1.29, 1.82) is 0 Å². The fourth-order valence-electron chi connectivity index (χ4n) is 2.23. The van der Waals surface area contributed by atoms with Crippen molar-refractivity contribution in [2.75, 3.05) is 13.0 Å². The number of hydrogen-bond donors (Lipinski definition) is 0. The molecule has 0 fully saturated rings. The Balaban J connectivity index is 0.000000231. The molecule has 0 N–H and O–H groups in total. The summed E-state index contributed by atoms with van der Waals surface area (Å²) in [7, 11) is 1.67. The molecule has 0 radical (unpaired) electrons. The summed E-state index contributed by atoms with van der Waals surface area (Å²) in [5.41, 5.74) is 7.01. The number of methoxy groups -OCH3 is 1. The third-order valence-electron chi connectivity index (χ3n) is 4.18. The van der Waals surface area contributed by atoms with E-state index in [2.05, 4.69) is 68.5 Å². The van der Waals surface area contributed by atoms with Crippen LogP contribution in [0.5, 0.6) is 5.75 Å². The molecule has 2 aromatic carbocycles. The van der Waals surface area contributed by atoms with Crippen LogP contribution >= 0.6 is 34.2 Å². The van der Waals surface area contributed by atoms with Crippen LogP contribution in [0.1, 0.15) is 34.2 Å². The third kappa shape index (κ3) is 6.34. The first-order chi connectivity index (χ1) is 10.9. The highest BCUT2D eigenvalue weighted by Gasteiger charge is 2.03. The first kappa shape index (κ1) is 20.3. The van der Waals surface area contributed by atoms with Gasteiger partial charge in [-0.2, -0.15) is 0 Å². The SMILES string of the molecule is COc1ccc(CCCCl)cc1.Cc1cc(I)c(C)c(C)c1C. The molecular formula is C20H26ClIO. The Morgan fingerprint density at radius 1 is 0.957 bits per heavy atom. The summed E-state index contributed by atoms with van der Waals surface area (Å²) in [6, 6.07) is 10.3. The summed E-state index contributed by atoms with van der Waals surface area (Å²) in [6.07, 6.45) is 2.08. The fraction of sp³-hybridized carbons (Fsp3) is 0.400. The molecule has 126 valence electrons. The lowest BCUT2D eigenvalue weighted by Gasteiger charge is -2.09. The van der Waals surface area contributed by atoms with Gasteiger partial charge in [0, 0.05) is 9.45 Å². The van der Waals surface area contributed by atoms with Crippen molar-refractivity contribution in [3.05, 3.63) is 61.7 Å². The van der Waals surface area contributed by atoms with Crippen molar-refractivity contribution in [3.8, 4) is 5.75 Å². The molecule has 0 aliphatic heterocycles. The molecule has 0 aliphatic rings. The fourth-order valence-corrected chi connectivity index (χ4v) is 3.23. The van der Waals surface area contributed by atoms with Crippen LogP contribution in [-0.4, -0.2) is 13.0 Å². The highest BCUT2D eigenvalue weighted by molar-refractivity contribution is 14.1. The average molecular weight is 445 g/mol. The van der Waals surface area contributed by atoms with Crippen molar-refractivity contribution < 1.29 is 4.74 Å². The van der Waals surface area contributed by atoms with Gasteiger partial charge in [0.1, 0.15) is 5.75 Å². The summed E-state index contributed by atoms with van der Waals surface area (Å²) in [4.78, 5) is 0. The van der Waals surface area contributed by atoms with Gasteiger partial charge in [0.2, 0.25) is 0 Å². The first-order valence-corrected chi connectivity index (χ1v) is 9.43. The summed E-state index contributed by atoms with van der Waals surface area (Å²) in [5, 5.41) is 0. The van der Waals surface area contributed by atoms with Gasteiger partial charge in [-0.15, -0.1) is 11.6 Å². The van der Waals surface area contributed by atoms with Gasteiger partial charge in [0.25, 0.3) is 0 Å². The minimum absolute atomic E-state index is 0.728. The average Bonchev–Trinajstić information content (AvgIpc) is 2.57. The van der Waals surface area contributed by atoms with Gasteiger partial charge in [-0.25, -0.2) is 0 Å². The minimum atomic E-state index is 0.728. The van der Waals surface area contributed by atoms with Gasteiger partial charge in [-0.1, -0.05) is 12.1 Å². The van der Waals surface area contributed by atoms with Crippen molar-refractivity contribution in [2.45, 2.75) is 40.5 Å². The molecule has 0 saturated heterocycles. The monoisotopic (exact) mass is 444 g/mol. The summed E-state index contributed by atoms with van der Waals surface area (Å²) < 4.78 is 6.43. The number of rotatable bonds is 4. The molecule has 0 amide bonds.